The van der Waals surface area contributed by atoms with Crippen LogP contribution in [0.5, 0.6) is 0 Å². The highest BCUT2D eigenvalue weighted by Gasteiger charge is 2.27. The molecule has 0 amide bonds. The Bertz CT molecular complexity index is 304. The Morgan fingerprint density at radius 2 is 2.42 bits per heavy atom. The number of hydrogen-bond donors (Lipinski definition) is 2. The van der Waals surface area contributed by atoms with Gasteiger partial charge in [-0.05, 0) is 12.2 Å². The number of carbonyl (C=O) groups is 1. The van der Waals surface area contributed by atoms with E-state index in [-0.39, 0.29) is 11.9 Å². The molecule has 2 N–H and O–H groups in total. The van der Waals surface area contributed by atoms with Crippen LogP contribution in [0.2, 0.25) is 0 Å². The zero-order valence-electron chi connectivity index (χ0n) is 6.27. The average Bonchev–Trinajstić information content (AvgIpc) is 2.47. The minimum Gasteiger partial charge on any atom is -0.477 e. The molecular weight excluding hydrogens is 156 g/mol. The Labute approximate surface area is 69.5 Å². The molecule has 2 aliphatic heterocycles. The van der Waals surface area contributed by atoms with Crippen LogP contribution in [-0.4, -0.2) is 22.1 Å². The number of hydrogen-bond acceptors (Lipinski definition) is 3. The number of fused-ring (bicyclic) bond motifs is 1. The van der Waals surface area contributed by atoms with E-state index >= 15 is 0 Å². The van der Waals surface area contributed by atoms with E-state index in [9.17, 15) is 4.79 Å². The molecule has 0 spiro atoms. The summed E-state index contributed by atoms with van der Waals surface area (Å²) in [6.45, 7) is 0. The Morgan fingerprint density at radius 1 is 1.58 bits per heavy atom. The van der Waals surface area contributed by atoms with Crippen molar-refractivity contribution in [2.24, 2.45) is 0 Å². The van der Waals surface area contributed by atoms with Crippen LogP contribution in [0.4, 0.5) is 0 Å². The summed E-state index contributed by atoms with van der Waals surface area (Å²) < 4.78 is 0. The van der Waals surface area contributed by atoms with Gasteiger partial charge in [-0.25, -0.2) is 4.79 Å². The summed E-state index contributed by atoms with van der Waals surface area (Å²) >= 11 is 0. The quantitative estimate of drug-likeness (QED) is 0.582. The zero-order chi connectivity index (χ0) is 8.55. The van der Waals surface area contributed by atoms with Gasteiger partial charge in [0, 0.05) is 12.4 Å². The molecule has 0 aromatic carbocycles. The minimum atomic E-state index is -0.912. The molecule has 0 saturated heterocycles. The van der Waals surface area contributed by atoms with E-state index in [1.807, 2.05) is 12.2 Å². The topological polar surface area (TPSA) is 52.6 Å². The number of rotatable bonds is 1. The lowest BCUT2D eigenvalue weighted by atomic mass is 10.3. The summed E-state index contributed by atoms with van der Waals surface area (Å²) in [7, 11) is 0. The van der Waals surface area contributed by atoms with Crippen molar-refractivity contribution in [3.63, 3.8) is 0 Å². The first-order valence-electron chi connectivity index (χ1n) is 3.62. The van der Waals surface area contributed by atoms with Gasteiger partial charge < -0.3 is 15.3 Å². The Hall–Kier alpha value is -1.71. The van der Waals surface area contributed by atoms with Gasteiger partial charge in [-0.3, -0.25) is 0 Å². The van der Waals surface area contributed by atoms with Crippen LogP contribution in [0.25, 0.3) is 0 Å². The lowest BCUT2D eigenvalue weighted by Crippen LogP contribution is -2.33. The first-order valence-corrected chi connectivity index (χ1v) is 3.62. The molecule has 1 unspecified atom stereocenters. The molecule has 0 bridgehead atoms. The van der Waals surface area contributed by atoms with Crippen molar-refractivity contribution in [3.8, 4) is 0 Å². The summed E-state index contributed by atoms with van der Waals surface area (Å²) in [6, 6.07) is 0. The van der Waals surface area contributed by atoms with E-state index in [1.54, 1.807) is 17.2 Å². The third kappa shape index (κ3) is 0.887. The van der Waals surface area contributed by atoms with Crippen LogP contribution in [0, 0.1) is 0 Å². The molecule has 0 saturated carbocycles. The average molecular weight is 164 g/mol. The maximum Gasteiger partial charge on any atom is 0.354 e. The highest BCUT2D eigenvalue weighted by molar-refractivity contribution is 5.86. The third-order valence-electron chi connectivity index (χ3n) is 1.84. The number of aliphatic carboxylic acids is 1. The Kier molecular flexibility index (Phi) is 1.40. The Morgan fingerprint density at radius 3 is 3.17 bits per heavy atom. The Balaban J connectivity index is 2.26. The predicted octanol–water partition coefficient (Wildman–Crippen LogP) is 0.227. The summed E-state index contributed by atoms with van der Waals surface area (Å²) in [6.07, 6.45) is 8.80. The largest absolute Gasteiger partial charge is 0.477 e. The fourth-order valence-electron chi connectivity index (χ4n) is 1.27. The van der Waals surface area contributed by atoms with Crippen molar-refractivity contribution < 1.29 is 9.90 Å². The highest BCUT2D eigenvalue weighted by atomic mass is 16.4. The van der Waals surface area contributed by atoms with Crippen molar-refractivity contribution in [2.45, 2.75) is 6.17 Å². The number of allylic oxidation sites excluding steroid dienone is 2. The van der Waals surface area contributed by atoms with Crippen molar-refractivity contribution in [1.29, 1.82) is 0 Å². The standard InChI is InChI=1S/C8H8N2O2/c11-8(12)6-5-9-7-3-1-2-4-10(6)7/h1-5,7,9H,(H,11,12). The molecule has 0 aromatic heterocycles. The third-order valence-corrected chi connectivity index (χ3v) is 1.84. The molecule has 0 radical (unpaired) electrons. The number of carboxylic acids is 1. The normalized spacial score (nSPS) is 24.8. The van der Waals surface area contributed by atoms with Crippen molar-refractivity contribution in [1.82, 2.24) is 10.2 Å². The van der Waals surface area contributed by atoms with Gasteiger partial charge >= 0.3 is 5.97 Å². The fourth-order valence-corrected chi connectivity index (χ4v) is 1.27. The number of nitrogens with one attached hydrogen (secondary N) is 1. The van der Waals surface area contributed by atoms with Crippen LogP contribution in [0.15, 0.2) is 36.3 Å². The summed E-state index contributed by atoms with van der Waals surface area (Å²) in [5, 5.41) is 11.7. The van der Waals surface area contributed by atoms with Gasteiger partial charge in [0.25, 0.3) is 0 Å². The number of nitrogens with zero attached hydrogens (tertiary/aromatic N) is 1. The monoisotopic (exact) mass is 164 g/mol. The molecule has 4 nitrogen and oxygen atoms in total. The summed E-state index contributed by atoms with van der Waals surface area (Å²) in [5.74, 6) is -0.912. The van der Waals surface area contributed by atoms with E-state index in [0.29, 0.717) is 0 Å². The van der Waals surface area contributed by atoms with Crippen LogP contribution in [0.3, 0.4) is 0 Å². The molecule has 12 heavy (non-hydrogen) atoms. The number of carboxylic acid groups (broad SMARTS) is 1. The van der Waals surface area contributed by atoms with E-state index in [1.165, 1.54) is 6.20 Å². The minimum absolute atomic E-state index is 0.0268. The van der Waals surface area contributed by atoms with Gasteiger partial charge in [0.15, 0.2) is 0 Å². The second-order valence-electron chi connectivity index (χ2n) is 2.58. The highest BCUT2D eigenvalue weighted by Crippen LogP contribution is 2.18. The van der Waals surface area contributed by atoms with Crippen molar-refractivity contribution >= 4 is 5.97 Å². The van der Waals surface area contributed by atoms with Crippen LogP contribution >= 0.6 is 0 Å². The molecule has 4 heteroatoms. The van der Waals surface area contributed by atoms with Gasteiger partial charge in [-0.2, -0.15) is 0 Å². The van der Waals surface area contributed by atoms with E-state index in [0.717, 1.165) is 0 Å². The molecule has 1 atom stereocenters. The molecule has 2 heterocycles. The van der Waals surface area contributed by atoms with Gasteiger partial charge in [0.1, 0.15) is 11.9 Å². The molecular formula is C8H8N2O2. The smallest absolute Gasteiger partial charge is 0.354 e. The van der Waals surface area contributed by atoms with Gasteiger partial charge in [0.2, 0.25) is 0 Å². The van der Waals surface area contributed by atoms with E-state index in [2.05, 4.69) is 5.32 Å². The van der Waals surface area contributed by atoms with Gasteiger partial charge in [0.05, 0.1) is 0 Å². The lowest BCUT2D eigenvalue weighted by molar-refractivity contribution is -0.134. The second-order valence-corrected chi connectivity index (χ2v) is 2.58. The molecule has 62 valence electrons. The van der Waals surface area contributed by atoms with Crippen molar-refractivity contribution in [3.05, 3.63) is 36.3 Å². The zero-order valence-corrected chi connectivity index (χ0v) is 6.27. The fraction of sp³-hybridized carbons (Fsp3) is 0.125. The van der Waals surface area contributed by atoms with E-state index < -0.39 is 5.97 Å². The molecule has 2 aliphatic rings. The first kappa shape index (κ1) is 6.97. The lowest BCUT2D eigenvalue weighted by Gasteiger charge is -2.23. The van der Waals surface area contributed by atoms with Crippen LogP contribution in [-0.2, 0) is 4.79 Å². The summed E-state index contributed by atoms with van der Waals surface area (Å²) in [5.41, 5.74) is 0.278. The van der Waals surface area contributed by atoms with Crippen LogP contribution in [0.1, 0.15) is 0 Å². The second kappa shape index (κ2) is 2.41. The van der Waals surface area contributed by atoms with Crippen LogP contribution < -0.4 is 5.32 Å². The maximum absolute atomic E-state index is 10.6. The van der Waals surface area contributed by atoms with Gasteiger partial charge in [-0.1, -0.05) is 6.08 Å². The predicted molar refractivity (Wildman–Crippen MR) is 42.8 cm³/mol. The molecule has 0 fully saturated rings. The molecule has 2 rings (SSSR count). The first-order chi connectivity index (χ1) is 5.79. The SMILES string of the molecule is O=C(O)C1=CNC2C=CC=CN12. The van der Waals surface area contributed by atoms with Crippen molar-refractivity contribution in [2.75, 3.05) is 0 Å². The van der Waals surface area contributed by atoms with Gasteiger partial charge in [-0.15, -0.1) is 0 Å². The van der Waals surface area contributed by atoms with E-state index in [4.69, 9.17) is 5.11 Å². The molecule has 0 aliphatic carbocycles. The maximum atomic E-state index is 10.6. The summed E-state index contributed by atoms with van der Waals surface area (Å²) in [4.78, 5) is 12.3. The molecule has 0 aromatic rings.